The van der Waals surface area contributed by atoms with Crippen molar-refractivity contribution in [2.24, 2.45) is 0 Å². The first-order valence-electron chi connectivity index (χ1n) is 6.97. The van der Waals surface area contributed by atoms with Crippen LogP contribution in [0.1, 0.15) is 16.2 Å². The Hall–Kier alpha value is -2.66. The van der Waals surface area contributed by atoms with Gasteiger partial charge in [-0.05, 0) is 37.3 Å². The first-order chi connectivity index (χ1) is 11.1. The van der Waals surface area contributed by atoms with E-state index in [9.17, 15) is 4.79 Å². The molecule has 0 bridgehead atoms. The number of carbonyl (C=O) groups is 1. The molecule has 1 N–H and O–H groups in total. The lowest BCUT2D eigenvalue weighted by Gasteiger charge is -2.11. The average molecular weight is 328 g/mol. The van der Waals surface area contributed by atoms with Crippen molar-refractivity contribution in [3.63, 3.8) is 0 Å². The minimum absolute atomic E-state index is 0.269. The fourth-order valence-electron chi connectivity index (χ4n) is 2.26. The van der Waals surface area contributed by atoms with Gasteiger partial charge in [-0.3, -0.25) is 4.79 Å². The van der Waals surface area contributed by atoms with E-state index in [4.69, 9.17) is 16.3 Å². The van der Waals surface area contributed by atoms with E-state index in [-0.39, 0.29) is 11.6 Å². The Morgan fingerprint density at radius 2 is 1.83 bits per heavy atom. The lowest BCUT2D eigenvalue weighted by Crippen LogP contribution is -2.16. The number of nitrogens with one attached hydrogen (secondary N) is 1. The third-order valence-corrected chi connectivity index (χ3v) is 3.60. The van der Waals surface area contributed by atoms with Crippen LogP contribution in [-0.2, 0) is 0 Å². The van der Waals surface area contributed by atoms with E-state index in [1.54, 1.807) is 25.1 Å². The minimum atomic E-state index is -0.360. The Bertz CT molecular complexity index is 896. The molecule has 23 heavy (non-hydrogen) atoms. The van der Waals surface area contributed by atoms with Crippen molar-refractivity contribution in [2.45, 2.75) is 6.92 Å². The maximum atomic E-state index is 12.5. The van der Waals surface area contributed by atoms with Crippen LogP contribution in [0.4, 0.5) is 5.69 Å². The number of aryl methyl sites for hydroxylation is 1. The Morgan fingerprint density at radius 1 is 1.13 bits per heavy atom. The second kappa shape index (κ2) is 6.22. The predicted octanol–water partition coefficient (Wildman–Crippen LogP) is 3.85. The second-order valence-corrected chi connectivity index (χ2v) is 5.38. The molecule has 116 valence electrons. The Balaban J connectivity index is 1.98. The molecule has 0 saturated heterocycles. The number of ether oxygens (including phenoxy) is 1. The van der Waals surface area contributed by atoms with Crippen molar-refractivity contribution in [1.29, 1.82) is 0 Å². The van der Waals surface area contributed by atoms with E-state index < -0.39 is 0 Å². The molecular weight excluding hydrogens is 314 g/mol. The zero-order valence-corrected chi connectivity index (χ0v) is 13.4. The highest BCUT2D eigenvalue weighted by molar-refractivity contribution is 6.31. The summed E-state index contributed by atoms with van der Waals surface area (Å²) in [4.78, 5) is 21.4. The molecule has 6 heteroatoms. The van der Waals surface area contributed by atoms with Crippen molar-refractivity contribution < 1.29 is 9.53 Å². The van der Waals surface area contributed by atoms with Crippen LogP contribution in [0, 0.1) is 6.92 Å². The summed E-state index contributed by atoms with van der Waals surface area (Å²) >= 11 is 5.98. The maximum Gasteiger partial charge on any atom is 0.276 e. The number of hydrogen-bond donors (Lipinski definition) is 1. The van der Waals surface area contributed by atoms with E-state index in [1.807, 2.05) is 24.3 Å². The molecule has 0 fully saturated rings. The summed E-state index contributed by atoms with van der Waals surface area (Å²) in [6.45, 7) is 1.75. The van der Waals surface area contributed by atoms with Gasteiger partial charge in [0.25, 0.3) is 5.91 Å². The number of anilines is 1. The summed E-state index contributed by atoms with van der Waals surface area (Å²) in [6.07, 6.45) is 0. The smallest absolute Gasteiger partial charge is 0.276 e. The van der Waals surface area contributed by atoms with Crippen molar-refractivity contribution >= 4 is 34.2 Å². The fourth-order valence-corrected chi connectivity index (χ4v) is 2.43. The predicted molar refractivity (Wildman–Crippen MR) is 90.2 cm³/mol. The van der Waals surface area contributed by atoms with Crippen LogP contribution < -0.4 is 10.1 Å². The van der Waals surface area contributed by atoms with Crippen LogP contribution in [0.5, 0.6) is 5.75 Å². The number of amides is 1. The maximum absolute atomic E-state index is 12.5. The molecule has 3 rings (SSSR count). The number of nitrogens with zero attached hydrogens (tertiary/aromatic N) is 2. The molecule has 1 heterocycles. The van der Waals surface area contributed by atoms with Crippen LogP contribution >= 0.6 is 11.6 Å². The first kappa shape index (κ1) is 15.2. The molecule has 0 spiro atoms. The highest BCUT2D eigenvalue weighted by Gasteiger charge is 2.16. The van der Waals surface area contributed by atoms with Gasteiger partial charge in [-0.2, -0.15) is 0 Å². The van der Waals surface area contributed by atoms with Crippen molar-refractivity contribution in [2.75, 3.05) is 12.4 Å². The second-order valence-electron chi connectivity index (χ2n) is 4.95. The van der Waals surface area contributed by atoms with E-state index >= 15 is 0 Å². The van der Waals surface area contributed by atoms with Gasteiger partial charge < -0.3 is 10.1 Å². The number of aromatic nitrogens is 2. The van der Waals surface area contributed by atoms with Gasteiger partial charge >= 0.3 is 0 Å². The zero-order valence-electron chi connectivity index (χ0n) is 12.6. The topological polar surface area (TPSA) is 64.1 Å². The minimum Gasteiger partial charge on any atom is -0.495 e. The molecule has 0 atom stereocenters. The van der Waals surface area contributed by atoms with Gasteiger partial charge in [0.1, 0.15) is 11.4 Å². The summed E-state index contributed by atoms with van der Waals surface area (Å²) in [5.74, 6) is 0.162. The number of benzene rings is 2. The summed E-state index contributed by atoms with van der Waals surface area (Å²) in [7, 11) is 1.53. The van der Waals surface area contributed by atoms with Gasteiger partial charge in [0.2, 0.25) is 0 Å². The van der Waals surface area contributed by atoms with E-state index in [0.717, 1.165) is 5.52 Å². The number of hydrogen-bond acceptors (Lipinski definition) is 4. The molecule has 1 aromatic heterocycles. The summed E-state index contributed by atoms with van der Waals surface area (Å²) in [5, 5.41) is 3.28. The fraction of sp³-hybridized carbons (Fsp3) is 0.118. The van der Waals surface area contributed by atoms with E-state index in [0.29, 0.717) is 27.7 Å². The van der Waals surface area contributed by atoms with Crippen molar-refractivity contribution in [3.05, 3.63) is 58.9 Å². The monoisotopic (exact) mass is 327 g/mol. The van der Waals surface area contributed by atoms with Gasteiger partial charge in [0.05, 0.1) is 29.5 Å². The molecule has 0 aliphatic carbocycles. The molecule has 0 unspecified atom stereocenters. The Kier molecular flexibility index (Phi) is 4.12. The molecule has 1 amide bonds. The molecule has 3 aromatic rings. The van der Waals surface area contributed by atoms with Gasteiger partial charge in [-0.25, -0.2) is 9.97 Å². The highest BCUT2D eigenvalue weighted by Crippen LogP contribution is 2.28. The van der Waals surface area contributed by atoms with Crippen molar-refractivity contribution in [3.8, 4) is 5.75 Å². The first-order valence-corrected chi connectivity index (χ1v) is 7.34. The number of halogens is 1. The van der Waals surface area contributed by atoms with Crippen LogP contribution in [0.25, 0.3) is 11.0 Å². The highest BCUT2D eigenvalue weighted by atomic mass is 35.5. The number of para-hydroxylation sites is 2. The van der Waals surface area contributed by atoms with Gasteiger partial charge in [0, 0.05) is 5.02 Å². The summed E-state index contributed by atoms with van der Waals surface area (Å²) in [5.41, 5.74) is 2.73. The van der Waals surface area contributed by atoms with Crippen LogP contribution in [0.3, 0.4) is 0 Å². The van der Waals surface area contributed by atoms with Gasteiger partial charge in [-0.15, -0.1) is 0 Å². The van der Waals surface area contributed by atoms with Gasteiger partial charge in [0.15, 0.2) is 0 Å². The lowest BCUT2D eigenvalue weighted by atomic mass is 10.2. The lowest BCUT2D eigenvalue weighted by molar-refractivity contribution is 0.102. The summed E-state index contributed by atoms with van der Waals surface area (Å²) in [6, 6.07) is 12.4. The largest absolute Gasteiger partial charge is 0.495 e. The third-order valence-electron chi connectivity index (χ3n) is 3.37. The van der Waals surface area contributed by atoms with Crippen LogP contribution in [0.2, 0.25) is 5.02 Å². The molecule has 0 radical (unpaired) electrons. The molecular formula is C17H14ClN3O2. The zero-order chi connectivity index (χ0) is 16.4. The third kappa shape index (κ3) is 3.10. The van der Waals surface area contributed by atoms with Crippen molar-refractivity contribution in [1.82, 2.24) is 9.97 Å². The molecule has 5 nitrogen and oxygen atoms in total. The van der Waals surface area contributed by atoms with E-state index in [2.05, 4.69) is 15.3 Å². The Labute approximate surface area is 138 Å². The number of rotatable bonds is 3. The molecule has 0 saturated carbocycles. The van der Waals surface area contributed by atoms with Crippen LogP contribution in [0.15, 0.2) is 42.5 Å². The number of carbonyl (C=O) groups excluding carboxylic acids is 1. The van der Waals surface area contributed by atoms with Crippen LogP contribution in [-0.4, -0.2) is 23.0 Å². The molecule has 0 aliphatic heterocycles. The molecule has 2 aromatic carbocycles. The standard InChI is InChI=1S/C17H14ClN3O2/c1-10-16(20-13-6-4-3-5-12(13)19-10)17(22)21-14-9-11(18)7-8-15(14)23-2/h3-9H,1-2H3,(H,21,22). The van der Waals surface area contributed by atoms with Gasteiger partial charge in [-0.1, -0.05) is 23.7 Å². The number of methoxy groups -OCH3 is 1. The summed E-state index contributed by atoms with van der Waals surface area (Å²) < 4.78 is 5.23. The molecule has 0 aliphatic rings. The quantitative estimate of drug-likeness (QED) is 0.793. The SMILES string of the molecule is COc1ccc(Cl)cc1NC(=O)c1nc2ccccc2nc1C. The average Bonchev–Trinajstić information content (AvgIpc) is 2.54. The van der Waals surface area contributed by atoms with E-state index in [1.165, 1.54) is 7.11 Å². The Morgan fingerprint density at radius 3 is 2.52 bits per heavy atom. The normalized spacial score (nSPS) is 10.6. The number of fused-ring (bicyclic) bond motifs is 1.